The maximum Gasteiger partial charge on any atom is 0.0593 e. The maximum atomic E-state index is 5.30. The Hall–Kier alpha value is -0.120. The predicted molar refractivity (Wildman–Crippen MR) is 61.7 cm³/mol. The molecule has 14 heavy (non-hydrogen) atoms. The summed E-state index contributed by atoms with van der Waals surface area (Å²) < 4.78 is 5.30. The molecule has 0 saturated heterocycles. The molecule has 0 heterocycles. The van der Waals surface area contributed by atoms with E-state index in [1.54, 1.807) is 0 Å². The number of nitrogens with zero attached hydrogens (tertiary/aromatic N) is 1. The number of nitrogens with one attached hydrogen (secondary N) is 1. The standard InChI is InChI=1S/C11H26N2O/c1-5-12-11(3)7-8-13(4)9-10-14-6-2/h11-12H,5-10H2,1-4H3. The molecule has 1 unspecified atom stereocenters. The minimum Gasteiger partial charge on any atom is -0.380 e. The van der Waals surface area contributed by atoms with Crippen LogP contribution in [0.2, 0.25) is 0 Å². The first-order valence-electron chi connectivity index (χ1n) is 5.70. The molecule has 0 aromatic heterocycles. The second-order valence-corrected chi connectivity index (χ2v) is 3.75. The molecule has 0 aromatic rings. The van der Waals surface area contributed by atoms with Gasteiger partial charge in [-0.2, -0.15) is 0 Å². The molecule has 0 rings (SSSR count). The SMILES string of the molecule is CCNC(C)CCN(C)CCOCC. The van der Waals surface area contributed by atoms with E-state index in [0.29, 0.717) is 6.04 Å². The van der Waals surface area contributed by atoms with E-state index in [1.807, 2.05) is 6.92 Å². The molecule has 0 radical (unpaired) electrons. The van der Waals surface area contributed by atoms with Crippen molar-refractivity contribution in [3.05, 3.63) is 0 Å². The Morgan fingerprint density at radius 3 is 2.57 bits per heavy atom. The van der Waals surface area contributed by atoms with Crippen LogP contribution in [0.25, 0.3) is 0 Å². The largest absolute Gasteiger partial charge is 0.380 e. The van der Waals surface area contributed by atoms with Gasteiger partial charge in [0.25, 0.3) is 0 Å². The lowest BCUT2D eigenvalue weighted by molar-refractivity contribution is 0.121. The van der Waals surface area contributed by atoms with Crippen molar-refractivity contribution in [3.8, 4) is 0 Å². The molecule has 0 aliphatic carbocycles. The molecule has 3 nitrogen and oxygen atoms in total. The van der Waals surface area contributed by atoms with Crippen LogP contribution in [0.4, 0.5) is 0 Å². The topological polar surface area (TPSA) is 24.5 Å². The Bertz CT molecular complexity index is 120. The van der Waals surface area contributed by atoms with Crippen molar-refractivity contribution < 1.29 is 4.74 Å². The maximum absolute atomic E-state index is 5.30. The van der Waals surface area contributed by atoms with E-state index in [0.717, 1.165) is 32.8 Å². The van der Waals surface area contributed by atoms with Gasteiger partial charge in [0.15, 0.2) is 0 Å². The van der Waals surface area contributed by atoms with Gasteiger partial charge in [-0.3, -0.25) is 0 Å². The molecular weight excluding hydrogens is 176 g/mol. The molecule has 0 spiro atoms. The summed E-state index contributed by atoms with van der Waals surface area (Å²) in [6.45, 7) is 11.3. The number of hydrogen-bond acceptors (Lipinski definition) is 3. The van der Waals surface area contributed by atoms with Crippen molar-refractivity contribution in [3.63, 3.8) is 0 Å². The second-order valence-electron chi connectivity index (χ2n) is 3.75. The zero-order valence-corrected chi connectivity index (χ0v) is 10.2. The Morgan fingerprint density at radius 2 is 2.00 bits per heavy atom. The van der Waals surface area contributed by atoms with Crippen LogP contribution in [0.15, 0.2) is 0 Å². The summed E-state index contributed by atoms with van der Waals surface area (Å²) >= 11 is 0. The summed E-state index contributed by atoms with van der Waals surface area (Å²) in [5, 5.41) is 3.41. The summed E-state index contributed by atoms with van der Waals surface area (Å²) in [6.07, 6.45) is 1.20. The fraction of sp³-hybridized carbons (Fsp3) is 1.00. The molecular formula is C11H26N2O. The van der Waals surface area contributed by atoms with E-state index < -0.39 is 0 Å². The zero-order chi connectivity index (χ0) is 10.8. The number of likely N-dealkylation sites (N-methyl/N-ethyl adjacent to an activating group) is 1. The lowest BCUT2D eigenvalue weighted by atomic mass is 10.2. The van der Waals surface area contributed by atoms with Gasteiger partial charge in [0.05, 0.1) is 6.61 Å². The first kappa shape index (κ1) is 13.9. The van der Waals surface area contributed by atoms with Crippen LogP contribution < -0.4 is 5.32 Å². The molecule has 86 valence electrons. The Kier molecular flexibility index (Phi) is 9.35. The Balaban J connectivity index is 3.29. The van der Waals surface area contributed by atoms with Crippen LogP contribution in [0, 0.1) is 0 Å². The highest BCUT2D eigenvalue weighted by Crippen LogP contribution is 1.93. The third-order valence-corrected chi connectivity index (χ3v) is 2.32. The molecule has 0 aliphatic rings. The fourth-order valence-corrected chi connectivity index (χ4v) is 1.34. The highest BCUT2D eigenvalue weighted by atomic mass is 16.5. The van der Waals surface area contributed by atoms with Crippen molar-refractivity contribution >= 4 is 0 Å². The second kappa shape index (κ2) is 9.44. The average molecular weight is 202 g/mol. The number of ether oxygens (including phenoxy) is 1. The van der Waals surface area contributed by atoms with Gasteiger partial charge in [-0.1, -0.05) is 6.92 Å². The van der Waals surface area contributed by atoms with Gasteiger partial charge in [-0.05, 0) is 40.4 Å². The summed E-state index contributed by atoms with van der Waals surface area (Å²) in [4.78, 5) is 2.32. The van der Waals surface area contributed by atoms with E-state index in [1.165, 1.54) is 6.42 Å². The van der Waals surface area contributed by atoms with Crippen molar-refractivity contribution in [2.75, 3.05) is 39.9 Å². The van der Waals surface area contributed by atoms with Crippen LogP contribution in [0.1, 0.15) is 27.2 Å². The van der Waals surface area contributed by atoms with Crippen LogP contribution in [-0.2, 0) is 4.74 Å². The lowest BCUT2D eigenvalue weighted by Crippen LogP contribution is -2.32. The minimum atomic E-state index is 0.620. The van der Waals surface area contributed by atoms with E-state index in [2.05, 4.69) is 31.1 Å². The zero-order valence-electron chi connectivity index (χ0n) is 10.2. The van der Waals surface area contributed by atoms with Crippen LogP contribution >= 0.6 is 0 Å². The number of hydrogen-bond donors (Lipinski definition) is 1. The van der Waals surface area contributed by atoms with E-state index in [9.17, 15) is 0 Å². The van der Waals surface area contributed by atoms with Gasteiger partial charge >= 0.3 is 0 Å². The van der Waals surface area contributed by atoms with Crippen molar-refractivity contribution in [2.24, 2.45) is 0 Å². The average Bonchev–Trinajstić information content (AvgIpc) is 2.16. The summed E-state index contributed by atoms with van der Waals surface area (Å²) in [7, 11) is 2.15. The smallest absolute Gasteiger partial charge is 0.0593 e. The van der Waals surface area contributed by atoms with Crippen molar-refractivity contribution in [2.45, 2.75) is 33.2 Å². The highest BCUT2D eigenvalue weighted by Gasteiger charge is 2.02. The van der Waals surface area contributed by atoms with Gasteiger partial charge in [0.2, 0.25) is 0 Å². The Labute approximate surface area is 88.8 Å². The molecule has 0 fully saturated rings. The molecule has 1 N–H and O–H groups in total. The van der Waals surface area contributed by atoms with E-state index in [-0.39, 0.29) is 0 Å². The van der Waals surface area contributed by atoms with Crippen molar-refractivity contribution in [1.29, 1.82) is 0 Å². The lowest BCUT2D eigenvalue weighted by Gasteiger charge is -2.19. The van der Waals surface area contributed by atoms with Gasteiger partial charge in [0, 0.05) is 19.2 Å². The summed E-state index contributed by atoms with van der Waals surface area (Å²) in [5.74, 6) is 0. The van der Waals surface area contributed by atoms with Crippen LogP contribution in [0.3, 0.4) is 0 Å². The third kappa shape index (κ3) is 8.48. The normalized spacial score (nSPS) is 13.5. The van der Waals surface area contributed by atoms with Crippen LogP contribution in [-0.4, -0.2) is 50.8 Å². The predicted octanol–water partition coefficient (Wildman–Crippen LogP) is 1.34. The molecule has 0 aromatic carbocycles. The van der Waals surface area contributed by atoms with Gasteiger partial charge in [-0.25, -0.2) is 0 Å². The van der Waals surface area contributed by atoms with Crippen LogP contribution in [0.5, 0.6) is 0 Å². The third-order valence-electron chi connectivity index (χ3n) is 2.32. The van der Waals surface area contributed by atoms with Crippen molar-refractivity contribution in [1.82, 2.24) is 10.2 Å². The highest BCUT2D eigenvalue weighted by molar-refractivity contribution is 4.61. The molecule has 3 heteroatoms. The Morgan fingerprint density at radius 1 is 1.29 bits per heavy atom. The first-order valence-corrected chi connectivity index (χ1v) is 5.70. The van der Waals surface area contributed by atoms with Gasteiger partial charge < -0.3 is 15.0 Å². The monoisotopic (exact) mass is 202 g/mol. The molecule has 0 amide bonds. The van der Waals surface area contributed by atoms with Gasteiger partial charge in [-0.15, -0.1) is 0 Å². The molecule has 0 saturated carbocycles. The molecule has 0 bridgehead atoms. The minimum absolute atomic E-state index is 0.620. The summed E-state index contributed by atoms with van der Waals surface area (Å²) in [6, 6.07) is 0.620. The summed E-state index contributed by atoms with van der Waals surface area (Å²) in [5.41, 5.74) is 0. The quantitative estimate of drug-likeness (QED) is 0.571. The molecule has 1 atom stereocenters. The molecule has 0 aliphatic heterocycles. The van der Waals surface area contributed by atoms with E-state index >= 15 is 0 Å². The van der Waals surface area contributed by atoms with E-state index in [4.69, 9.17) is 4.74 Å². The fourth-order valence-electron chi connectivity index (χ4n) is 1.34. The first-order chi connectivity index (χ1) is 6.70. The van der Waals surface area contributed by atoms with Gasteiger partial charge in [0.1, 0.15) is 0 Å². The number of rotatable bonds is 9.